The third-order valence-corrected chi connectivity index (χ3v) is 7.79. The number of hydrogen-bond donors (Lipinski definition) is 4. The van der Waals surface area contributed by atoms with E-state index in [0.29, 0.717) is 0 Å². The van der Waals surface area contributed by atoms with E-state index in [-0.39, 0.29) is 5.41 Å². The summed E-state index contributed by atoms with van der Waals surface area (Å²) in [5.74, 6) is 0. The SMILES string of the molecule is Nc1ccc(-c2ccc(N)cc2)cc1.Nc1ccc(C2(c3ccc(N)cc3)c3ccccc3-c3ccccc32)cc1. The Kier molecular flexibility index (Phi) is 6.66. The van der Waals surface area contributed by atoms with Gasteiger partial charge in [0.15, 0.2) is 0 Å². The highest BCUT2D eigenvalue weighted by molar-refractivity contribution is 5.86. The van der Waals surface area contributed by atoms with Gasteiger partial charge in [-0.3, -0.25) is 0 Å². The van der Waals surface area contributed by atoms with Gasteiger partial charge >= 0.3 is 0 Å². The van der Waals surface area contributed by atoms with E-state index >= 15 is 0 Å². The molecule has 8 N–H and O–H groups in total. The van der Waals surface area contributed by atoms with Crippen molar-refractivity contribution in [3.05, 3.63) is 168 Å². The molecule has 1 aliphatic carbocycles. The molecule has 4 heteroatoms. The van der Waals surface area contributed by atoms with Gasteiger partial charge < -0.3 is 22.9 Å². The predicted molar refractivity (Wildman–Crippen MR) is 173 cm³/mol. The zero-order valence-electron chi connectivity index (χ0n) is 22.7. The standard InChI is InChI=1S/C25H20N2.C12H12N2/c26-19-13-9-17(10-14-19)25(18-11-15-20(27)16-12-18)23-7-3-1-5-21(23)22-6-2-4-8-24(22)25;13-11-5-1-9(2-6-11)10-3-7-12(14)8-4-10/h1-16H,26-27H2;1-8H,13-14H2. The molecule has 0 amide bonds. The van der Waals surface area contributed by atoms with Crippen LogP contribution in [0.3, 0.4) is 0 Å². The van der Waals surface area contributed by atoms with Gasteiger partial charge in [0.1, 0.15) is 0 Å². The molecule has 0 aliphatic heterocycles. The second kappa shape index (κ2) is 10.6. The number of benzene rings is 6. The van der Waals surface area contributed by atoms with Crippen LogP contribution in [-0.2, 0) is 5.41 Å². The van der Waals surface area contributed by atoms with E-state index in [4.69, 9.17) is 22.9 Å². The van der Waals surface area contributed by atoms with Crippen molar-refractivity contribution in [1.29, 1.82) is 0 Å². The molecule has 4 nitrogen and oxygen atoms in total. The van der Waals surface area contributed by atoms with Crippen LogP contribution in [-0.4, -0.2) is 0 Å². The minimum absolute atomic E-state index is 0.380. The molecule has 0 bridgehead atoms. The van der Waals surface area contributed by atoms with E-state index in [1.165, 1.54) is 33.4 Å². The monoisotopic (exact) mass is 532 g/mol. The van der Waals surface area contributed by atoms with Crippen molar-refractivity contribution in [1.82, 2.24) is 0 Å². The first-order chi connectivity index (χ1) is 20.0. The van der Waals surface area contributed by atoms with Gasteiger partial charge in [-0.1, -0.05) is 97.1 Å². The van der Waals surface area contributed by atoms with Crippen molar-refractivity contribution < 1.29 is 0 Å². The molecule has 0 saturated heterocycles. The molecule has 0 atom stereocenters. The molecule has 0 fully saturated rings. The van der Waals surface area contributed by atoms with E-state index in [9.17, 15) is 0 Å². The fraction of sp³-hybridized carbons (Fsp3) is 0.0270. The molecule has 6 aromatic carbocycles. The summed E-state index contributed by atoms with van der Waals surface area (Å²) in [6.45, 7) is 0. The molecule has 0 saturated carbocycles. The van der Waals surface area contributed by atoms with Crippen LogP contribution in [0.15, 0.2) is 146 Å². The summed E-state index contributed by atoms with van der Waals surface area (Å²) in [7, 11) is 0. The average Bonchev–Trinajstić information content (AvgIpc) is 3.30. The van der Waals surface area contributed by atoms with E-state index < -0.39 is 0 Å². The van der Waals surface area contributed by atoms with Gasteiger partial charge in [0.05, 0.1) is 5.41 Å². The number of nitrogen functional groups attached to an aromatic ring is 4. The van der Waals surface area contributed by atoms with Crippen LogP contribution < -0.4 is 22.9 Å². The molecule has 7 rings (SSSR count). The van der Waals surface area contributed by atoms with Gasteiger partial charge in [-0.15, -0.1) is 0 Å². The van der Waals surface area contributed by atoms with Crippen LogP contribution in [0.25, 0.3) is 22.3 Å². The largest absolute Gasteiger partial charge is 0.399 e. The van der Waals surface area contributed by atoms with E-state index in [1.54, 1.807) is 0 Å². The van der Waals surface area contributed by atoms with Crippen molar-refractivity contribution in [2.24, 2.45) is 0 Å². The highest BCUT2D eigenvalue weighted by Gasteiger charge is 2.45. The minimum atomic E-state index is -0.380. The van der Waals surface area contributed by atoms with Crippen molar-refractivity contribution >= 4 is 22.7 Å². The topological polar surface area (TPSA) is 104 Å². The zero-order valence-corrected chi connectivity index (χ0v) is 22.7. The first-order valence-corrected chi connectivity index (χ1v) is 13.6. The highest BCUT2D eigenvalue weighted by atomic mass is 14.6. The Labute approximate surface area is 240 Å². The Bertz CT molecular complexity index is 1650. The van der Waals surface area contributed by atoms with E-state index in [0.717, 1.165) is 33.9 Å². The van der Waals surface area contributed by atoms with Crippen molar-refractivity contribution in [2.75, 3.05) is 22.9 Å². The number of rotatable bonds is 3. The third kappa shape index (κ3) is 4.66. The van der Waals surface area contributed by atoms with Gasteiger partial charge in [0.2, 0.25) is 0 Å². The first kappa shape index (κ1) is 25.8. The Hall–Kier alpha value is -5.48. The smallest absolute Gasteiger partial charge is 0.0713 e. The fourth-order valence-electron chi connectivity index (χ4n) is 5.84. The molecule has 0 aromatic heterocycles. The van der Waals surface area contributed by atoms with Gasteiger partial charge in [0, 0.05) is 22.7 Å². The Morgan fingerprint density at radius 2 is 0.610 bits per heavy atom. The number of hydrogen-bond acceptors (Lipinski definition) is 4. The quantitative estimate of drug-likeness (QED) is 0.175. The Balaban J connectivity index is 0.000000182. The summed E-state index contributed by atoms with van der Waals surface area (Å²) >= 11 is 0. The summed E-state index contributed by atoms with van der Waals surface area (Å²) < 4.78 is 0. The lowest BCUT2D eigenvalue weighted by Gasteiger charge is -2.34. The van der Waals surface area contributed by atoms with Crippen molar-refractivity contribution in [2.45, 2.75) is 5.41 Å². The van der Waals surface area contributed by atoms with Crippen LogP contribution in [0, 0.1) is 0 Å². The normalized spacial score (nSPS) is 12.5. The molecule has 0 spiro atoms. The maximum atomic E-state index is 6.00. The van der Waals surface area contributed by atoms with Crippen LogP contribution in [0.1, 0.15) is 22.3 Å². The number of fused-ring (bicyclic) bond motifs is 3. The van der Waals surface area contributed by atoms with Crippen molar-refractivity contribution in [3.8, 4) is 22.3 Å². The second-order valence-corrected chi connectivity index (χ2v) is 10.3. The number of nitrogens with two attached hydrogens (primary N) is 4. The van der Waals surface area contributed by atoms with Gasteiger partial charge in [-0.2, -0.15) is 0 Å². The molecular formula is C37H32N4. The average molecular weight is 533 g/mol. The molecule has 0 radical (unpaired) electrons. The third-order valence-electron chi connectivity index (χ3n) is 7.79. The second-order valence-electron chi connectivity index (χ2n) is 10.3. The van der Waals surface area contributed by atoms with Crippen LogP contribution in [0.5, 0.6) is 0 Å². The molecule has 200 valence electrons. The molecular weight excluding hydrogens is 500 g/mol. The predicted octanol–water partition coefficient (Wildman–Crippen LogP) is 7.73. The molecule has 1 aliphatic rings. The highest BCUT2D eigenvalue weighted by Crippen LogP contribution is 2.55. The summed E-state index contributed by atoms with van der Waals surface area (Å²) in [5.41, 5.74) is 35.8. The van der Waals surface area contributed by atoms with E-state index in [2.05, 4.69) is 72.8 Å². The molecule has 41 heavy (non-hydrogen) atoms. The maximum Gasteiger partial charge on any atom is 0.0713 e. The first-order valence-electron chi connectivity index (χ1n) is 13.6. The maximum absolute atomic E-state index is 6.00. The van der Waals surface area contributed by atoms with Crippen LogP contribution in [0.2, 0.25) is 0 Å². The minimum Gasteiger partial charge on any atom is -0.399 e. The Morgan fingerprint density at radius 3 is 0.951 bits per heavy atom. The van der Waals surface area contributed by atoms with E-state index in [1.807, 2.05) is 72.8 Å². The lowest BCUT2D eigenvalue weighted by molar-refractivity contribution is 0.769. The van der Waals surface area contributed by atoms with Gasteiger partial charge in [0.25, 0.3) is 0 Å². The summed E-state index contributed by atoms with van der Waals surface area (Å²) in [4.78, 5) is 0. The van der Waals surface area contributed by atoms with Crippen molar-refractivity contribution in [3.63, 3.8) is 0 Å². The van der Waals surface area contributed by atoms with Crippen LogP contribution in [0.4, 0.5) is 22.7 Å². The summed E-state index contributed by atoms with van der Waals surface area (Å²) in [5, 5.41) is 0. The summed E-state index contributed by atoms with van der Waals surface area (Å²) in [6.07, 6.45) is 0. The van der Waals surface area contributed by atoms with Gasteiger partial charge in [-0.25, -0.2) is 0 Å². The zero-order chi connectivity index (χ0) is 28.4. The molecule has 0 unspecified atom stereocenters. The van der Waals surface area contributed by atoms with Crippen LogP contribution >= 0.6 is 0 Å². The molecule has 6 aromatic rings. The molecule has 0 heterocycles. The summed E-state index contributed by atoms with van der Waals surface area (Å²) in [6, 6.07) is 49.4. The fourth-order valence-corrected chi connectivity index (χ4v) is 5.84. The van der Waals surface area contributed by atoms with Gasteiger partial charge in [-0.05, 0) is 93.0 Å². The lowest BCUT2D eigenvalue weighted by atomic mass is 9.67. The number of anilines is 4. The lowest BCUT2D eigenvalue weighted by Crippen LogP contribution is -2.28. The Morgan fingerprint density at radius 1 is 0.317 bits per heavy atom.